The number of benzene rings is 2. The summed E-state index contributed by atoms with van der Waals surface area (Å²) in [5, 5.41) is 6.90. The average molecular weight is 367 g/mol. The lowest BCUT2D eigenvalue weighted by molar-refractivity contribution is 0.632. The van der Waals surface area contributed by atoms with Gasteiger partial charge in [0.05, 0.1) is 16.3 Å². The first-order valence-corrected chi connectivity index (χ1v) is 7.29. The maximum atomic E-state index is 14.3. The van der Waals surface area contributed by atoms with Crippen LogP contribution in [0.5, 0.6) is 0 Å². The molecule has 0 spiro atoms. The van der Waals surface area contributed by atoms with E-state index in [4.69, 9.17) is 17.3 Å². The van der Waals surface area contributed by atoms with Gasteiger partial charge in [0.15, 0.2) is 5.82 Å². The number of hydrogen-bond acceptors (Lipinski definition) is 2. The molecule has 0 atom stereocenters. The number of anilines is 1. The van der Waals surface area contributed by atoms with Crippen molar-refractivity contribution in [3.8, 4) is 22.4 Å². The maximum absolute atomic E-state index is 14.3. The zero-order chi connectivity index (χ0) is 15.0. The van der Waals surface area contributed by atoms with Crippen molar-refractivity contribution in [2.45, 2.75) is 0 Å². The summed E-state index contributed by atoms with van der Waals surface area (Å²) in [6.45, 7) is 0. The smallest absolute Gasteiger partial charge is 0.153 e. The Morgan fingerprint density at radius 1 is 1.19 bits per heavy atom. The fourth-order valence-corrected chi connectivity index (χ4v) is 2.75. The molecule has 1 heterocycles. The molecule has 21 heavy (non-hydrogen) atoms. The first-order valence-electron chi connectivity index (χ1n) is 6.12. The quantitative estimate of drug-likeness (QED) is 0.679. The molecular formula is C15H10BrClFN3. The molecule has 0 aliphatic carbocycles. The number of nitrogen functional groups attached to an aromatic ring is 1. The molecule has 0 amide bonds. The van der Waals surface area contributed by atoms with Gasteiger partial charge in [0, 0.05) is 15.6 Å². The SMILES string of the molecule is Nc1n[nH]c(-c2cccc(Br)c2)c1-c1cccc(Cl)c1F. The van der Waals surface area contributed by atoms with Crippen molar-refractivity contribution in [2.75, 3.05) is 5.73 Å². The molecule has 1 aromatic heterocycles. The van der Waals surface area contributed by atoms with Crippen molar-refractivity contribution < 1.29 is 4.39 Å². The second kappa shape index (κ2) is 5.50. The molecule has 2 aromatic carbocycles. The molecule has 3 N–H and O–H groups in total. The summed E-state index contributed by atoms with van der Waals surface area (Å²) in [6, 6.07) is 12.4. The van der Waals surface area contributed by atoms with Crippen LogP contribution in [0.15, 0.2) is 46.9 Å². The number of nitrogens with two attached hydrogens (primary N) is 1. The topological polar surface area (TPSA) is 54.7 Å². The van der Waals surface area contributed by atoms with Crippen LogP contribution < -0.4 is 5.73 Å². The summed E-state index contributed by atoms with van der Waals surface area (Å²) < 4.78 is 15.2. The van der Waals surface area contributed by atoms with E-state index >= 15 is 0 Å². The van der Waals surface area contributed by atoms with Crippen LogP contribution in [0.2, 0.25) is 5.02 Å². The Morgan fingerprint density at radius 2 is 1.95 bits per heavy atom. The lowest BCUT2D eigenvalue weighted by Crippen LogP contribution is -1.92. The van der Waals surface area contributed by atoms with Gasteiger partial charge in [-0.2, -0.15) is 5.10 Å². The van der Waals surface area contributed by atoms with Gasteiger partial charge in [-0.1, -0.05) is 51.8 Å². The molecular weight excluding hydrogens is 357 g/mol. The molecule has 0 unspecified atom stereocenters. The second-order valence-electron chi connectivity index (χ2n) is 4.47. The standard InChI is InChI=1S/C15H10BrClFN3/c16-9-4-1-3-8(7-9)14-12(15(19)21-20-14)10-5-2-6-11(17)13(10)18/h1-7H,(H3,19,20,21). The Bertz CT molecular complexity index is 816. The van der Waals surface area contributed by atoms with E-state index in [2.05, 4.69) is 26.1 Å². The molecule has 3 aromatic rings. The van der Waals surface area contributed by atoms with Gasteiger partial charge in [0.1, 0.15) is 5.82 Å². The normalized spacial score (nSPS) is 10.8. The summed E-state index contributed by atoms with van der Waals surface area (Å²) in [5.41, 5.74) is 8.23. The minimum Gasteiger partial charge on any atom is -0.382 e. The van der Waals surface area contributed by atoms with Crippen LogP contribution in [0, 0.1) is 5.82 Å². The van der Waals surface area contributed by atoms with Crippen molar-refractivity contribution in [2.24, 2.45) is 0 Å². The molecule has 0 aliphatic rings. The van der Waals surface area contributed by atoms with Gasteiger partial charge in [-0.25, -0.2) is 4.39 Å². The first kappa shape index (κ1) is 14.1. The van der Waals surface area contributed by atoms with Gasteiger partial charge in [0.25, 0.3) is 0 Å². The summed E-state index contributed by atoms with van der Waals surface area (Å²) >= 11 is 9.27. The highest BCUT2D eigenvalue weighted by molar-refractivity contribution is 9.10. The van der Waals surface area contributed by atoms with Crippen molar-refractivity contribution in [1.82, 2.24) is 10.2 Å². The predicted octanol–water partition coefficient (Wildman–Crippen LogP) is 4.88. The van der Waals surface area contributed by atoms with Crippen molar-refractivity contribution in [3.63, 3.8) is 0 Å². The van der Waals surface area contributed by atoms with E-state index in [1.807, 2.05) is 24.3 Å². The number of aromatic amines is 1. The highest BCUT2D eigenvalue weighted by Gasteiger charge is 2.19. The van der Waals surface area contributed by atoms with Crippen LogP contribution in [-0.2, 0) is 0 Å². The maximum Gasteiger partial charge on any atom is 0.153 e. The Morgan fingerprint density at radius 3 is 2.71 bits per heavy atom. The van der Waals surface area contributed by atoms with E-state index in [-0.39, 0.29) is 10.8 Å². The fraction of sp³-hybridized carbons (Fsp3) is 0. The number of nitrogens with one attached hydrogen (secondary N) is 1. The number of halogens is 3. The molecule has 3 nitrogen and oxygen atoms in total. The van der Waals surface area contributed by atoms with Crippen molar-refractivity contribution in [1.29, 1.82) is 0 Å². The number of aromatic nitrogens is 2. The minimum atomic E-state index is -0.511. The van der Waals surface area contributed by atoms with E-state index in [0.29, 0.717) is 16.8 Å². The van der Waals surface area contributed by atoms with Gasteiger partial charge in [0.2, 0.25) is 0 Å². The third-order valence-electron chi connectivity index (χ3n) is 3.13. The van der Waals surface area contributed by atoms with Gasteiger partial charge >= 0.3 is 0 Å². The number of H-pyrrole nitrogens is 1. The van der Waals surface area contributed by atoms with Crippen LogP contribution in [-0.4, -0.2) is 10.2 Å². The zero-order valence-electron chi connectivity index (χ0n) is 10.7. The number of nitrogens with zero attached hydrogens (tertiary/aromatic N) is 1. The fourth-order valence-electron chi connectivity index (χ4n) is 2.18. The Balaban J connectivity index is 2.25. The summed E-state index contributed by atoms with van der Waals surface area (Å²) in [7, 11) is 0. The molecule has 0 fully saturated rings. The van der Waals surface area contributed by atoms with E-state index < -0.39 is 5.82 Å². The van der Waals surface area contributed by atoms with Gasteiger partial charge in [-0.3, -0.25) is 5.10 Å². The Kier molecular flexibility index (Phi) is 3.69. The summed E-state index contributed by atoms with van der Waals surface area (Å²) in [5.74, 6) is -0.283. The monoisotopic (exact) mass is 365 g/mol. The second-order valence-corrected chi connectivity index (χ2v) is 5.79. The molecule has 0 saturated heterocycles. The van der Waals surface area contributed by atoms with Crippen molar-refractivity contribution in [3.05, 3.63) is 57.8 Å². The average Bonchev–Trinajstić information content (AvgIpc) is 2.84. The van der Waals surface area contributed by atoms with Crippen LogP contribution in [0.25, 0.3) is 22.4 Å². The predicted molar refractivity (Wildman–Crippen MR) is 86.5 cm³/mol. The van der Waals surface area contributed by atoms with Crippen LogP contribution in [0.1, 0.15) is 0 Å². The van der Waals surface area contributed by atoms with E-state index in [1.54, 1.807) is 12.1 Å². The van der Waals surface area contributed by atoms with E-state index in [1.165, 1.54) is 6.07 Å². The first-order chi connectivity index (χ1) is 10.1. The van der Waals surface area contributed by atoms with Gasteiger partial charge < -0.3 is 5.73 Å². The van der Waals surface area contributed by atoms with Crippen molar-refractivity contribution >= 4 is 33.3 Å². The van der Waals surface area contributed by atoms with Gasteiger partial charge in [-0.15, -0.1) is 0 Å². The van der Waals surface area contributed by atoms with Crippen LogP contribution in [0.4, 0.5) is 10.2 Å². The number of rotatable bonds is 2. The molecule has 6 heteroatoms. The number of hydrogen-bond donors (Lipinski definition) is 2. The molecule has 3 rings (SSSR count). The largest absolute Gasteiger partial charge is 0.382 e. The highest BCUT2D eigenvalue weighted by atomic mass is 79.9. The molecule has 0 radical (unpaired) electrons. The zero-order valence-corrected chi connectivity index (χ0v) is 13.0. The molecule has 0 saturated carbocycles. The Labute approximate surface area is 134 Å². The lowest BCUT2D eigenvalue weighted by atomic mass is 10.0. The van der Waals surface area contributed by atoms with Crippen LogP contribution >= 0.6 is 27.5 Å². The van der Waals surface area contributed by atoms with E-state index in [9.17, 15) is 4.39 Å². The summed E-state index contributed by atoms with van der Waals surface area (Å²) in [4.78, 5) is 0. The van der Waals surface area contributed by atoms with Gasteiger partial charge in [-0.05, 0) is 18.2 Å². The van der Waals surface area contributed by atoms with E-state index in [0.717, 1.165) is 10.0 Å². The Hall–Kier alpha value is -1.85. The van der Waals surface area contributed by atoms with Crippen LogP contribution in [0.3, 0.4) is 0 Å². The summed E-state index contributed by atoms with van der Waals surface area (Å²) in [6.07, 6.45) is 0. The third-order valence-corrected chi connectivity index (χ3v) is 3.91. The highest BCUT2D eigenvalue weighted by Crippen LogP contribution is 2.38. The molecule has 0 bridgehead atoms. The molecule has 106 valence electrons. The third kappa shape index (κ3) is 2.54. The molecule has 0 aliphatic heterocycles. The minimum absolute atomic E-state index is 0.0493. The lowest BCUT2D eigenvalue weighted by Gasteiger charge is -2.07.